The first kappa shape index (κ1) is 15.3. The van der Waals surface area contributed by atoms with Gasteiger partial charge >= 0.3 is 0 Å². The van der Waals surface area contributed by atoms with E-state index in [4.69, 9.17) is 9.47 Å². The first-order valence-corrected chi connectivity index (χ1v) is 7.62. The lowest BCUT2D eigenvalue weighted by Crippen LogP contribution is -2.34. The van der Waals surface area contributed by atoms with E-state index in [9.17, 15) is 4.79 Å². The summed E-state index contributed by atoms with van der Waals surface area (Å²) >= 11 is 0. The fourth-order valence-corrected chi connectivity index (χ4v) is 2.44. The van der Waals surface area contributed by atoms with Crippen LogP contribution in [-0.4, -0.2) is 46.8 Å². The molecule has 0 aliphatic carbocycles. The van der Waals surface area contributed by atoms with E-state index in [0.29, 0.717) is 24.7 Å². The van der Waals surface area contributed by atoms with Gasteiger partial charge in [-0.3, -0.25) is 4.79 Å². The molecule has 1 aromatic carbocycles. The number of carbonyl (C=O) groups is 1. The third-order valence-electron chi connectivity index (χ3n) is 3.72. The zero-order valence-corrected chi connectivity index (χ0v) is 13.0. The highest BCUT2D eigenvalue weighted by atomic mass is 16.5. The number of carbonyl (C=O) groups excluding carboxylic acids is 1. The SMILES string of the molecule is Cc1ccc(OCC(=O)N2CCC(Oc3cccnn3)C2)cc1. The standard InChI is InChI=1S/C17H19N3O3/c1-13-4-6-14(7-5-13)22-12-17(21)20-10-8-15(11-20)23-16-3-2-9-18-19-16/h2-7,9,15H,8,10-12H2,1H3. The molecule has 0 saturated carbocycles. The van der Waals surface area contributed by atoms with Crippen LogP contribution in [0.4, 0.5) is 0 Å². The molecule has 0 bridgehead atoms. The molecule has 0 spiro atoms. The van der Waals surface area contributed by atoms with Crippen molar-refractivity contribution in [2.24, 2.45) is 0 Å². The van der Waals surface area contributed by atoms with E-state index in [1.54, 1.807) is 23.2 Å². The largest absolute Gasteiger partial charge is 0.484 e. The van der Waals surface area contributed by atoms with Gasteiger partial charge in [0.05, 0.1) is 6.54 Å². The highest BCUT2D eigenvalue weighted by molar-refractivity contribution is 5.78. The topological polar surface area (TPSA) is 64.5 Å². The maximum absolute atomic E-state index is 12.2. The van der Waals surface area contributed by atoms with E-state index in [1.165, 1.54) is 0 Å². The van der Waals surface area contributed by atoms with Crippen LogP contribution in [0, 0.1) is 6.92 Å². The molecule has 0 N–H and O–H groups in total. The molecule has 6 nitrogen and oxygen atoms in total. The van der Waals surface area contributed by atoms with Gasteiger partial charge in [-0.1, -0.05) is 17.7 Å². The molecule has 120 valence electrons. The fourth-order valence-electron chi connectivity index (χ4n) is 2.44. The number of rotatable bonds is 5. The van der Waals surface area contributed by atoms with Crippen LogP contribution < -0.4 is 9.47 Å². The summed E-state index contributed by atoms with van der Waals surface area (Å²) in [5.41, 5.74) is 1.16. The minimum Gasteiger partial charge on any atom is -0.484 e. The van der Waals surface area contributed by atoms with Crippen molar-refractivity contribution in [2.75, 3.05) is 19.7 Å². The van der Waals surface area contributed by atoms with Crippen molar-refractivity contribution in [2.45, 2.75) is 19.4 Å². The fraction of sp³-hybridized carbons (Fsp3) is 0.353. The third kappa shape index (κ3) is 4.18. The van der Waals surface area contributed by atoms with Crippen LogP contribution in [0.25, 0.3) is 0 Å². The first-order chi connectivity index (χ1) is 11.2. The number of nitrogens with zero attached hydrogens (tertiary/aromatic N) is 3. The lowest BCUT2D eigenvalue weighted by Gasteiger charge is -2.17. The molecule has 6 heteroatoms. The third-order valence-corrected chi connectivity index (χ3v) is 3.72. The molecule has 1 saturated heterocycles. The molecular formula is C17H19N3O3. The summed E-state index contributed by atoms with van der Waals surface area (Å²) in [4.78, 5) is 14.0. The first-order valence-electron chi connectivity index (χ1n) is 7.62. The Morgan fingerprint density at radius 1 is 1.30 bits per heavy atom. The molecule has 1 fully saturated rings. The van der Waals surface area contributed by atoms with E-state index in [2.05, 4.69) is 10.2 Å². The summed E-state index contributed by atoms with van der Waals surface area (Å²) in [6.45, 7) is 3.27. The van der Waals surface area contributed by atoms with E-state index in [-0.39, 0.29) is 18.6 Å². The summed E-state index contributed by atoms with van der Waals surface area (Å²) in [5, 5.41) is 7.67. The van der Waals surface area contributed by atoms with Crippen molar-refractivity contribution in [1.29, 1.82) is 0 Å². The lowest BCUT2D eigenvalue weighted by molar-refractivity contribution is -0.132. The van der Waals surface area contributed by atoms with Crippen molar-refractivity contribution < 1.29 is 14.3 Å². The summed E-state index contributed by atoms with van der Waals surface area (Å²) in [6.07, 6.45) is 2.34. The van der Waals surface area contributed by atoms with Crippen molar-refractivity contribution in [3.63, 3.8) is 0 Å². The van der Waals surface area contributed by atoms with E-state index in [0.717, 1.165) is 12.0 Å². The Morgan fingerprint density at radius 2 is 2.13 bits per heavy atom. The maximum Gasteiger partial charge on any atom is 0.260 e. The Bertz CT molecular complexity index is 646. The number of aromatic nitrogens is 2. The number of hydrogen-bond acceptors (Lipinski definition) is 5. The van der Waals surface area contributed by atoms with Crippen molar-refractivity contribution in [1.82, 2.24) is 15.1 Å². The summed E-state index contributed by atoms with van der Waals surface area (Å²) < 4.78 is 11.3. The van der Waals surface area contributed by atoms with Gasteiger partial charge in [0.2, 0.25) is 5.88 Å². The number of hydrogen-bond donors (Lipinski definition) is 0. The molecule has 2 heterocycles. The molecule has 1 atom stereocenters. The van der Waals surface area contributed by atoms with Gasteiger partial charge in [0, 0.05) is 25.2 Å². The van der Waals surface area contributed by atoms with Gasteiger partial charge in [0.15, 0.2) is 6.61 Å². The number of benzene rings is 1. The minimum atomic E-state index is -0.0463. The number of amides is 1. The highest BCUT2D eigenvalue weighted by Crippen LogP contribution is 2.16. The Labute approximate surface area is 135 Å². The van der Waals surface area contributed by atoms with Gasteiger partial charge in [0.25, 0.3) is 5.91 Å². The van der Waals surface area contributed by atoms with Gasteiger partial charge in [-0.05, 0) is 25.1 Å². The normalized spacial score (nSPS) is 17.1. The predicted octanol–water partition coefficient (Wildman–Crippen LogP) is 1.84. The van der Waals surface area contributed by atoms with Gasteiger partial charge in [-0.25, -0.2) is 0 Å². The molecule has 1 aliphatic heterocycles. The second-order valence-corrected chi connectivity index (χ2v) is 5.53. The van der Waals surface area contributed by atoms with Crippen molar-refractivity contribution in [3.05, 3.63) is 48.2 Å². The number of likely N-dealkylation sites (tertiary alicyclic amines) is 1. The van der Waals surface area contributed by atoms with Crippen LogP contribution in [0.2, 0.25) is 0 Å². The Kier molecular flexibility index (Phi) is 4.71. The summed E-state index contributed by atoms with van der Waals surface area (Å²) in [7, 11) is 0. The maximum atomic E-state index is 12.2. The van der Waals surface area contributed by atoms with Crippen LogP contribution in [0.3, 0.4) is 0 Å². The molecule has 1 amide bonds. The van der Waals surface area contributed by atoms with E-state index < -0.39 is 0 Å². The van der Waals surface area contributed by atoms with Gasteiger partial charge in [0.1, 0.15) is 11.9 Å². The molecule has 1 aliphatic rings. The highest BCUT2D eigenvalue weighted by Gasteiger charge is 2.28. The lowest BCUT2D eigenvalue weighted by atomic mass is 10.2. The van der Waals surface area contributed by atoms with Crippen LogP contribution in [0.15, 0.2) is 42.6 Å². The smallest absolute Gasteiger partial charge is 0.260 e. The Balaban J connectivity index is 1.46. The molecule has 2 aromatic rings. The van der Waals surface area contributed by atoms with Gasteiger partial charge in [-0.2, -0.15) is 5.10 Å². The summed E-state index contributed by atoms with van der Waals surface area (Å²) in [5.74, 6) is 1.16. The monoisotopic (exact) mass is 313 g/mol. The predicted molar refractivity (Wildman–Crippen MR) is 84.3 cm³/mol. The van der Waals surface area contributed by atoms with Gasteiger partial charge < -0.3 is 14.4 Å². The molecule has 0 radical (unpaired) electrons. The van der Waals surface area contributed by atoms with E-state index in [1.807, 2.05) is 31.2 Å². The van der Waals surface area contributed by atoms with Crippen molar-refractivity contribution >= 4 is 5.91 Å². The van der Waals surface area contributed by atoms with Crippen LogP contribution >= 0.6 is 0 Å². The molecule has 3 rings (SSSR count). The second-order valence-electron chi connectivity index (χ2n) is 5.53. The average Bonchev–Trinajstić information content (AvgIpc) is 3.03. The average molecular weight is 313 g/mol. The minimum absolute atomic E-state index is 0.0316. The zero-order valence-electron chi connectivity index (χ0n) is 13.0. The van der Waals surface area contributed by atoms with Crippen LogP contribution in [0.1, 0.15) is 12.0 Å². The Morgan fingerprint density at radius 3 is 2.87 bits per heavy atom. The van der Waals surface area contributed by atoms with Crippen molar-refractivity contribution in [3.8, 4) is 11.6 Å². The number of aryl methyl sites for hydroxylation is 1. The van der Waals surface area contributed by atoms with E-state index >= 15 is 0 Å². The van der Waals surface area contributed by atoms with Crippen LogP contribution in [0.5, 0.6) is 11.6 Å². The number of ether oxygens (including phenoxy) is 2. The zero-order chi connectivity index (χ0) is 16.1. The molecular weight excluding hydrogens is 294 g/mol. The molecule has 1 unspecified atom stereocenters. The molecule has 1 aromatic heterocycles. The van der Waals surface area contributed by atoms with Crippen LogP contribution in [-0.2, 0) is 4.79 Å². The summed E-state index contributed by atoms with van der Waals surface area (Å²) in [6, 6.07) is 11.2. The quantitative estimate of drug-likeness (QED) is 0.843. The Hall–Kier alpha value is -2.63. The second kappa shape index (κ2) is 7.09. The molecule has 23 heavy (non-hydrogen) atoms. The van der Waals surface area contributed by atoms with Gasteiger partial charge in [-0.15, -0.1) is 5.10 Å².